The van der Waals surface area contributed by atoms with Gasteiger partial charge in [-0.25, -0.2) is 0 Å². The molecule has 7 rings (SSSR count). The Bertz CT molecular complexity index is 1990. The molecule has 0 saturated carbocycles. The maximum atomic E-state index is 2.64. The predicted molar refractivity (Wildman–Crippen MR) is 216 cm³/mol. The van der Waals surface area contributed by atoms with E-state index in [1.54, 1.807) is 0 Å². The fourth-order valence-electron chi connectivity index (χ4n) is 8.42. The van der Waals surface area contributed by atoms with E-state index < -0.39 is 6.89 Å². The number of aryl methyl sites for hydroxylation is 6. The van der Waals surface area contributed by atoms with Gasteiger partial charge in [-0.1, -0.05) is 151 Å². The van der Waals surface area contributed by atoms with E-state index in [0.29, 0.717) is 0 Å². The smallest absolute Gasteiger partial charge is 0.117 e. The third-order valence-electron chi connectivity index (χ3n) is 10.1. The summed E-state index contributed by atoms with van der Waals surface area (Å²) in [5.41, 5.74) is 13.3. The molecule has 1 unspecified atom stereocenters. The van der Waals surface area contributed by atoms with Crippen LogP contribution in [-0.2, 0) is 19.5 Å². The van der Waals surface area contributed by atoms with Crippen LogP contribution in [0.4, 0.5) is 11.4 Å². The minimum Gasteiger partial charge on any atom is -0.325 e. The molecule has 2 nitrogen and oxygen atoms in total. The van der Waals surface area contributed by atoms with Crippen LogP contribution in [0, 0.1) is 41.5 Å². The monoisotopic (exact) mass is 760 g/mol. The summed E-state index contributed by atoms with van der Waals surface area (Å²) in [4.78, 5) is 5.28. The molecule has 0 aromatic heterocycles. The SMILES string of the molecule is Cc1cc(C)c(N2CCN(c3c(C)cc(C)cc3C)C2=C2C=CC=CC2P(=Cc2ccccc2)(c2ccccc2)c2ccccc2)c(C)c1.[Ru]. The molecular weight excluding hydrogens is 713 g/mol. The molecular formula is C46H47N2PRu. The van der Waals surface area contributed by atoms with Gasteiger partial charge in [0.25, 0.3) is 0 Å². The predicted octanol–water partition coefficient (Wildman–Crippen LogP) is 10.1. The van der Waals surface area contributed by atoms with E-state index in [-0.39, 0.29) is 25.1 Å². The standard InChI is InChI=1S/C46H47N2P.Ru/c1-33-28-35(3)44(36(4)29-33)47-26-27-48(45-37(5)30-34(2)31-38(45)6)46(47)42-24-16-17-25-43(42)49(40-20-12-8-13-21-40,41-22-14-9-15-23-41)32-39-18-10-7-11-19-39;/h7-25,28-32,43H,26-27H2,1-6H3;. The Morgan fingerprint density at radius 2 is 0.980 bits per heavy atom. The van der Waals surface area contributed by atoms with Crippen LogP contribution >= 0.6 is 6.89 Å². The van der Waals surface area contributed by atoms with Crippen molar-refractivity contribution in [3.05, 3.63) is 190 Å². The Hall–Kier alpha value is -4.16. The molecule has 2 aliphatic rings. The van der Waals surface area contributed by atoms with Crippen molar-refractivity contribution in [1.29, 1.82) is 0 Å². The number of nitrogens with zero attached hydrogens (tertiary/aromatic N) is 2. The van der Waals surface area contributed by atoms with Crippen LogP contribution in [0.25, 0.3) is 0 Å². The summed E-state index contributed by atoms with van der Waals surface area (Å²) in [6.07, 6.45) is 9.45. The van der Waals surface area contributed by atoms with Gasteiger partial charge in [0.1, 0.15) is 5.82 Å². The van der Waals surface area contributed by atoms with Crippen LogP contribution < -0.4 is 20.4 Å². The topological polar surface area (TPSA) is 6.48 Å². The molecule has 0 bridgehead atoms. The van der Waals surface area contributed by atoms with Crippen molar-refractivity contribution in [3.63, 3.8) is 0 Å². The van der Waals surface area contributed by atoms with Gasteiger partial charge in [0.2, 0.25) is 0 Å². The van der Waals surface area contributed by atoms with Crippen molar-refractivity contribution in [2.75, 3.05) is 22.9 Å². The number of hydrogen-bond acceptors (Lipinski definition) is 2. The van der Waals surface area contributed by atoms with E-state index in [1.165, 1.54) is 72.3 Å². The van der Waals surface area contributed by atoms with Crippen LogP contribution in [-0.4, -0.2) is 24.5 Å². The Morgan fingerprint density at radius 3 is 1.42 bits per heavy atom. The normalized spacial score (nSPS) is 15.8. The number of rotatable bonds is 6. The first kappa shape index (κ1) is 35.7. The van der Waals surface area contributed by atoms with Crippen LogP contribution in [0.3, 0.4) is 0 Å². The van der Waals surface area contributed by atoms with Crippen LogP contribution in [0.5, 0.6) is 0 Å². The summed E-state index contributed by atoms with van der Waals surface area (Å²) in [6, 6.07) is 43.0. The van der Waals surface area contributed by atoms with Gasteiger partial charge in [-0.3, -0.25) is 0 Å². The minimum absolute atomic E-state index is 0. The molecule has 1 heterocycles. The van der Waals surface area contributed by atoms with Crippen molar-refractivity contribution in [1.82, 2.24) is 0 Å². The molecule has 0 N–H and O–H groups in total. The Kier molecular flexibility index (Phi) is 10.7. The molecule has 4 heteroatoms. The number of hydrogen-bond donors (Lipinski definition) is 0. The Labute approximate surface area is 312 Å². The van der Waals surface area contributed by atoms with E-state index in [1.807, 2.05) is 0 Å². The van der Waals surface area contributed by atoms with Crippen LogP contribution in [0.1, 0.15) is 38.9 Å². The molecule has 1 saturated heterocycles. The van der Waals surface area contributed by atoms with E-state index >= 15 is 0 Å². The molecule has 1 aliphatic heterocycles. The van der Waals surface area contributed by atoms with E-state index in [4.69, 9.17) is 0 Å². The molecule has 0 amide bonds. The average Bonchev–Trinajstić information content (AvgIpc) is 3.51. The van der Waals surface area contributed by atoms with Crippen molar-refractivity contribution < 1.29 is 19.5 Å². The zero-order valence-electron chi connectivity index (χ0n) is 30.0. The van der Waals surface area contributed by atoms with Gasteiger partial charge in [0.05, 0.1) is 0 Å². The molecule has 5 aromatic rings. The molecule has 0 spiro atoms. The fourth-order valence-corrected chi connectivity index (χ4v) is 12.8. The summed E-state index contributed by atoms with van der Waals surface area (Å²) in [5.74, 6) is 3.93. The first-order valence-corrected chi connectivity index (χ1v) is 19.4. The average molecular weight is 760 g/mol. The van der Waals surface area contributed by atoms with E-state index in [0.717, 1.165) is 13.1 Å². The summed E-state index contributed by atoms with van der Waals surface area (Å²) in [5, 5.41) is 2.77. The Balaban J connectivity index is 0.00000432. The second-order valence-electron chi connectivity index (χ2n) is 13.8. The first-order chi connectivity index (χ1) is 23.8. The van der Waals surface area contributed by atoms with Crippen molar-refractivity contribution in [3.8, 4) is 0 Å². The van der Waals surface area contributed by atoms with E-state index in [9.17, 15) is 0 Å². The summed E-state index contributed by atoms with van der Waals surface area (Å²) >= 11 is 0. The zero-order chi connectivity index (χ0) is 34.1. The molecule has 0 radical (unpaired) electrons. The van der Waals surface area contributed by atoms with Crippen molar-refractivity contribution in [2.45, 2.75) is 47.2 Å². The molecule has 5 aromatic carbocycles. The second-order valence-corrected chi connectivity index (χ2v) is 17.2. The summed E-state index contributed by atoms with van der Waals surface area (Å²) in [6.45, 7) is 13.1. The van der Waals surface area contributed by atoms with Gasteiger partial charge in [-0.2, -0.15) is 0 Å². The fraction of sp³-hybridized carbons (Fsp3) is 0.196. The van der Waals surface area contributed by atoms with E-state index in [2.05, 4.69) is 197 Å². The molecule has 1 fully saturated rings. The largest absolute Gasteiger partial charge is 0.325 e. The van der Waals surface area contributed by atoms with Crippen LogP contribution in [0.15, 0.2) is 151 Å². The maximum Gasteiger partial charge on any atom is 0.117 e. The quantitative estimate of drug-likeness (QED) is 0.126. The molecule has 1 atom stereocenters. The second kappa shape index (κ2) is 15.0. The zero-order valence-corrected chi connectivity index (χ0v) is 32.7. The summed E-state index contributed by atoms with van der Waals surface area (Å²) in [7, 11) is 0. The number of anilines is 2. The summed E-state index contributed by atoms with van der Waals surface area (Å²) < 4.78 is 0. The van der Waals surface area contributed by atoms with Gasteiger partial charge in [0, 0.05) is 55.2 Å². The molecule has 1 aliphatic carbocycles. The number of benzene rings is 5. The van der Waals surface area contributed by atoms with Gasteiger partial charge in [0.15, 0.2) is 0 Å². The number of allylic oxidation sites excluding steroid dienone is 5. The maximum absolute atomic E-state index is 2.64. The third-order valence-corrected chi connectivity index (χ3v) is 14.4. The first-order valence-electron chi connectivity index (χ1n) is 17.5. The van der Waals surface area contributed by atoms with Crippen molar-refractivity contribution in [2.24, 2.45) is 0 Å². The Morgan fingerprint density at radius 1 is 0.560 bits per heavy atom. The molecule has 254 valence electrons. The van der Waals surface area contributed by atoms with Gasteiger partial charge < -0.3 is 9.80 Å². The third kappa shape index (κ3) is 6.55. The molecule has 50 heavy (non-hydrogen) atoms. The van der Waals surface area contributed by atoms with Gasteiger partial charge in [-0.05, 0) is 92.7 Å². The minimum atomic E-state index is -2.28. The van der Waals surface area contributed by atoms with Gasteiger partial charge >= 0.3 is 0 Å². The van der Waals surface area contributed by atoms with Crippen molar-refractivity contribution >= 4 is 34.7 Å². The van der Waals surface area contributed by atoms with Crippen LogP contribution in [0.2, 0.25) is 0 Å². The van der Waals surface area contributed by atoms with Gasteiger partial charge in [-0.15, -0.1) is 0 Å².